The lowest BCUT2D eigenvalue weighted by molar-refractivity contribution is 0.373. The van der Waals surface area contributed by atoms with Crippen LogP contribution in [0.4, 0.5) is 11.8 Å². The van der Waals surface area contributed by atoms with Crippen molar-refractivity contribution in [1.29, 1.82) is 0 Å². The number of nitrogens with zero attached hydrogens (tertiary/aromatic N) is 4. The maximum absolute atomic E-state index is 12.3. The SMILES string of the molecule is COc1cc(OC)nc(NS(=O)(=O)c2c(N)ncn2C)n1. The molecule has 10 nitrogen and oxygen atoms in total. The molecule has 0 spiro atoms. The molecule has 0 aliphatic heterocycles. The van der Waals surface area contributed by atoms with E-state index >= 15 is 0 Å². The Hall–Kier alpha value is -2.56. The summed E-state index contributed by atoms with van der Waals surface area (Å²) in [5, 5.41) is -0.187. The highest BCUT2D eigenvalue weighted by atomic mass is 32.2. The molecule has 0 saturated heterocycles. The molecular formula is C10H14N6O4S. The van der Waals surface area contributed by atoms with E-state index in [2.05, 4.69) is 19.7 Å². The van der Waals surface area contributed by atoms with Gasteiger partial charge in [0.2, 0.25) is 17.7 Å². The third kappa shape index (κ3) is 2.97. The number of aromatic nitrogens is 4. The second-order valence-corrected chi connectivity index (χ2v) is 5.53. The second-order valence-electron chi connectivity index (χ2n) is 3.93. The molecule has 0 aromatic carbocycles. The largest absolute Gasteiger partial charge is 0.481 e. The van der Waals surface area contributed by atoms with Crippen molar-refractivity contribution in [1.82, 2.24) is 19.5 Å². The monoisotopic (exact) mass is 314 g/mol. The number of hydrogen-bond acceptors (Lipinski definition) is 8. The second kappa shape index (κ2) is 5.44. The van der Waals surface area contributed by atoms with Crippen molar-refractivity contribution < 1.29 is 17.9 Å². The van der Waals surface area contributed by atoms with Crippen LogP contribution >= 0.6 is 0 Å². The summed E-state index contributed by atoms with van der Waals surface area (Å²) in [4.78, 5) is 11.5. The molecule has 114 valence electrons. The molecule has 0 aliphatic rings. The predicted molar refractivity (Wildman–Crippen MR) is 73.6 cm³/mol. The van der Waals surface area contributed by atoms with Crippen molar-refractivity contribution in [3.63, 3.8) is 0 Å². The van der Waals surface area contributed by atoms with Gasteiger partial charge in [0.05, 0.1) is 26.6 Å². The molecule has 2 heterocycles. The van der Waals surface area contributed by atoms with E-state index in [0.717, 1.165) is 0 Å². The predicted octanol–water partition coefficient (Wildman–Crippen LogP) is -0.390. The van der Waals surface area contributed by atoms with Gasteiger partial charge in [0, 0.05) is 7.05 Å². The molecular weight excluding hydrogens is 300 g/mol. The van der Waals surface area contributed by atoms with Gasteiger partial charge < -0.3 is 19.8 Å². The van der Waals surface area contributed by atoms with Crippen LogP contribution in [0, 0.1) is 0 Å². The summed E-state index contributed by atoms with van der Waals surface area (Å²) in [6, 6.07) is 1.41. The highest BCUT2D eigenvalue weighted by Gasteiger charge is 2.24. The maximum Gasteiger partial charge on any atom is 0.283 e. The topological polar surface area (TPSA) is 134 Å². The van der Waals surface area contributed by atoms with Gasteiger partial charge in [-0.25, -0.2) is 9.71 Å². The molecule has 0 amide bonds. The van der Waals surface area contributed by atoms with Crippen LogP contribution in [0.2, 0.25) is 0 Å². The Morgan fingerprint density at radius 2 is 1.81 bits per heavy atom. The van der Waals surface area contributed by atoms with Crippen molar-refractivity contribution in [3.05, 3.63) is 12.4 Å². The summed E-state index contributed by atoms with van der Waals surface area (Å²) in [5.74, 6) is -0.0262. The standard InChI is InChI=1S/C10H14N6O4S/c1-16-5-12-8(11)9(16)21(17,18)15-10-13-6(19-2)4-7(14-10)20-3/h4-5H,11H2,1-3H3,(H,13,14,15). The first-order valence-corrected chi connectivity index (χ1v) is 7.12. The third-order valence-corrected chi connectivity index (χ3v) is 3.94. The van der Waals surface area contributed by atoms with Gasteiger partial charge >= 0.3 is 0 Å². The fourth-order valence-corrected chi connectivity index (χ4v) is 2.77. The van der Waals surface area contributed by atoms with Crippen molar-refractivity contribution in [2.45, 2.75) is 5.03 Å². The van der Waals surface area contributed by atoms with Gasteiger partial charge in [-0.05, 0) is 0 Å². The Morgan fingerprint density at radius 3 is 2.24 bits per heavy atom. The van der Waals surface area contributed by atoms with Crippen LogP contribution in [0.15, 0.2) is 17.4 Å². The Kier molecular flexibility index (Phi) is 3.84. The molecule has 0 aliphatic carbocycles. The number of aryl methyl sites for hydroxylation is 1. The molecule has 0 fully saturated rings. The van der Waals surface area contributed by atoms with E-state index in [1.165, 1.54) is 38.2 Å². The van der Waals surface area contributed by atoms with E-state index in [1.54, 1.807) is 0 Å². The molecule has 2 rings (SSSR count). The summed E-state index contributed by atoms with van der Waals surface area (Å²) >= 11 is 0. The summed E-state index contributed by atoms with van der Waals surface area (Å²) < 4.78 is 37.9. The zero-order valence-corrected chi connectivity index (χ0v) is 12.4. The van der Waals surface area contributed by atoms with Gasteiger partial charge in [-0.15, -0.1) is 0 Å². The first kappa shape index (κ1) is 14.8. The first-order chi connectivity index (χ1) is 9.87. The normalized spacial score (nSPS) is 11.2. The number of rotatable bonds is 5. The number of anilines is 2. The van der Waals surface area contributed by atoms with E-state index < -0.39 is 10.0 Å². The van der Waals surface area contributed by atoms with Crippen LogP contribution in [0.1, 0.15) is 0 Å². The smallest absolute Gasteiger partial charge is 0.283 e. The van der Waals surface area contributed by atoms with Crippen LogP contribution in [0.5, 0.6) is 11.8 Å². The summed E-state index contributed by atoms with van der Waals surface area (Å²) in [5.41, 5.74) is 5.55. The number of nitrogens with two attached hydrogens (primary N) is 1. The van der Waals surface area contributed by atoms with Crippen LogP contribution in [-0.4, -0.2) is 42.2 Å². The van der Waals surface area contributed by atoms with Crippen molar-refractivity contribution in [3.8, 4) is 11.8 Å². The number of methoxy groups -OCH3 is 2. The van der Waals surface area contributed by atoms with E-state index in [0.29, 0.717) is 0 Å². The number of hydrogen-bond donors (Lipinski definition) is 2. The minimum atomic E-state index is -3.99. The van der Waals surface area contributed by atoms with Gasteiger partial charge in [-0.1, -0.05) is 0 Å². The molecule has 0 saturated carbocycles. The molecule has 11 heteroatoms. The summed E-state index contributed by atoms with van der Waals surface area (Å²) in [6.07, 6.45) is 1.29. The first-order valence-electron chi connectivity index (χ1n) is 5.64. The lowest BCUT2D eigenvalue weighted by atomic mass is 10.6. The summed E-state index contributed by atoms with van der Waals surface area (Å²) in [6.45, 7) is 0. The maximum atomic E-state index is 12.3. The minimum absolute atomic E-state index is 0.125. The van der Waals surface area contributed by atoms with E-state index in [9.17, 15) is 8.42 Å². The number of nitrogen functional groups attached to an aromatic ring is 1. The van der Waals surface area contributed by atoms with Gasteiger partial charge in [0.1, 0.15) is 0 Å². The molecule has 3 N–H and O–H groups in total. The van der Waals surface area contributed by atoms with Gasteiger partial charge in [0.25, 0.3) is 10.0 Å². The van der Waals surface area contributed by atoms with Gasteiger partial charge in [-0.3, -0.25) is 0 Å². The molecule has 0 radical (unpaired) electrons. The average molecular weight is 314 g/mol. The average Bonchev–Trinajstić information content (AvgIpc) is 2.77. The number of nitrogens with one attached hydrogen (secondary N) is 1. The number of imidazole rings is 1. The van der Waals surface area contributed by atoms with Crippen molar-refractivity contribution >= 4 is 21.8 Å². The van der Waals surface area contributed by atoms with Crippen LogP contribution in [0.25, 0.3) is 0 Å². The Bertz CT molecular complexity index is 715. The fraction of sp³-hybridized carbons (Fsp3) is 0.300. The fourth-order valence-electron chi connectivity index (χ4n) is 1.59. The van der Waals surface area contributed by atoms with E-state index in [-0.39, 0.29) is 28.6 Å². The van der Waals surface area contributed by atoms with E-state index in [1.807, 2.05) is 0 Å². The Morgan fingerprint density at radius 1 is 1.24 bits per heavy atom. The third-order valence-electron chi connectivity index (χ3n) is 2.49. The lowest BCUT2D eigenvalue weighted by Gasteiger charge is -2.09. The van der Waals surface area contributed by atoms with Crippen LogP contribution in [-0.2, 0) is 17.1 Å². The van der Waals surface area contributed by atoms with Crippen molar-refractivity contribution in [2.24, 2.45) is 7.05 Å². The van der Waals surface area contributed by atoms with Gasteiger partial charge in [0.15, 0.2) is 10.8 Å². The molecule has 0 bridgehead atoms. The number of sulfonamides is 1. The Labute approximate surface area is 121 Å². The quantitative estimate of drug-likeness (QED) is 0.762. The molecule has 2 aromatic rings. The van der Waals surface area contributed by atoms with Crippen LogP contribution in [0.3, 0.4) is 0 Å². The highest BCUT2D eigenvalue weighted by molar-refractivity contribution is 7.92. The number of ether oxygens (including phenoxy) is 2. The molecule has 0 unspecified atom stereocenters. The zero-order chi connectivity index (χ0) is 15.6. The Balaban J connectivity index is 2.41. The zero-order valence-electron chi connectivity index (χ0n) is 11.6. The minimum Gasteiger partial charge on any atom is -0.481 e. The summed E-state index contributed by atoms with van der Waals surface area (Å²) in [7, 11) is 0.289. The highest BCUT2D eigenvalue weighted by Crippen LogP contribution is 2.21. The van der Waals surface area contributed by atoms with Crippen molar-refractivity contribution in [2.75, 3.05) is 24.7 Å². The van der Waals surface area contributed by atoms with E-state index in [4.69, 9.17) is 15.2 Å². The molecule has 21 heavy (non-hydrogen) atoms. The molecule has 2 aromatic heterocycles. The molecule has 0 atom stereocenters. The van der Waals surface area contributed by atoms with Gasteiger partial charge in [-0.2, -0.15) is 18.4 Å². The van der Waals surface area contributed by atoms with Crippen LogP contribution < -0.4 is 19.9 Å². The lowest BCUT2D eigenvalue weighted by Crippen LogP contribution is -2.19.